The van der Waals surface area contributed by atoms with Gasteiger partial charge in [-0.05, 0) is 43.7 Å². The number of nitrogens with one attached hydrogen (secondary N) is 4. The Morgan fingerprint density at radius 2 is 1.96 bits per heavy atom. The Labute approximate surface area is 144 Å². The maximum absolute atomic E-state index is 12.1. The van der Waals surface area contributed by atoms with Crippen LogP contribution in [0.1, 0.15) is 22.5 Å². The van der Waals surface area contributed by atoms with E-state index in [4.69, 9.17) is 0 Å². The van der Waals surface area contributed by atoms with E-state index in [2.05, 4.69) is 21.3 Å². The molecule has 2 aromatic rings. The first-order chi connectivity index (χ1) is 11.7. The van der Waals surface area contributed by atoms with Crippen molar-refractivity contribution in [3.63, 3.8) is 0 Å². The van der Waals surface area contributed by atoms with Crippen molar-refractivity contribution < 1.29 is 9.59 Å². The van der Waals surface area contributed by atoms with Crippen molar-refractivity contribution in [3.05, 3.63) is 47.3 Å². The topological polar surface area (TPSA) is 82.3 Å². The molecule has 4 N–H and O–H groups in total. The molecule has 0 saturated carbocycles. The summed E-state index contributed by atoms with van der Waals surface area (Å²) in [5.41, 5.74) is 0.716. The highest BCUT2D eigenvalue weighted by Gasteiger charge is 2.16. The van der Waals surface area contributed by atoms with Gasteiger partial charge in [0.05, 0.1) is 9.88 Å². The third-order valence-corrected chi connectivity index (χ3v) is 4.77. The van der Waals surface area contributed by atoms with Crippen LogP contribution in [0.4, 0.5) is 15.5 Å². The molecule has 126 valence electrons. The van der Waals surface area contributed by atoms with Gasteiger partial charge in [0.2, 0.25) is 0 Å². The molecule has 7 heteroatoms. The van der Waals surface area contributed by atoms with Crippen LogP contribution in [0.3, 0.4) is 0 Å². The van der Waals surface area contributed by atoms with E-state index < -0.39 is 0 Å². The number of thiophene rings is 1. The molecule has 1 aromatic heterocycles. The lowest BCUT2D eigenvalue weighted by atomic mass is 10.2. The van der Waals surface area contributed by atoms with Crippen molar-refractivity contribution in [2.75, 3.05) is 23.7 Å². The van der Waals surface area contributed by atoms with E-state index in [-0.39, 0.29) is 11.9 Å². The average Bonchev–Trinajstić information content (AvgIpc) is 3.25. The molecule has 1 aliphatic heterocycles. The molecule has 1 fully saturated rings. The minimum Gasteiger partial charge on any atom is -0.350 e. The number of rotatable bonds is 5. The number of benzene rings is 1. The van der Waals surface area contributed by atoms with E-state index in [1.807, 2.05) is 30.3 Å². The molecule has 3 rings (SSSR count). The second-order valence-electron chi connectivity index (χ2n) is 5.61. The van der Waals surface area contributed by atoms with Gasteiger partial charge in [0.1, 0.15) is 0 Å². The lowest BCUT2D eigenvalue weighted by Crippen LogP contribution is -2.36. The molecule has 0 bridgehead atoms. The Hall–Kier alpha value is -2.38. The number of anilines is 2. The van der Waals surface area contributed by atoms with Crippen molar-refractivity contribution in [3.8, 4) is 0 Å². The van der Waals surface area contributed by atoms with Crippen molar-refractivity contribution in [1.29, 1.82) is 0 Å². The Kier molecular flexibility index (Phi) is 5.45. The van der Waals surface area contributed by atoms with Crippen LogP contribution in [0.2, 0.25) is 0 Å². The zero-order chi connectivity index (χ0) is 16.8. The highest BCUT2D eigenvalue weighted by Crippen LogP contribution is 2.22. The van der Waals surface area contributed by atoms with Gasteiger partial charge in [-0.2, -0.15) is 0 Å². The Balaban J connectivity index is 1.49. The second-order valence-corrected chi connectivity index (χ2v) is 6.70. The summed E-state index contributed by atoms with van der Waals surface area (Å²) < 4.78 is 0. The molecule has 3 amide bonds. The molecular weight excluding hydrogens is 324 g/mol. The van der Waals surface area contributed by atoms with E-state index in [0.29, 0.717) is 28.2 Å². The largest absolute Gasteiger partial charge is 0.350 e. The van der Waals surface area contributed by atoms with E-state index in [1.165, 1.54) is 11.3 Å². The smallest absolute Gasteiger partial charge is 0.324 e. The first kappa shape index (κ1) is 16.5. The molecule has 0 aliphatic carbocycles. The van der Waals surface area contributed by atoms with E-state index >= 15 is 0 Å². The van der Waals surface area contributed by atoms with Gasteiger partial charge in [0.25, 0.3) is 5.91 Å². The third-order valence-electron chi connectivity index (χ3n) is 3.77. The molecule has 24 heavy (non-hydrogen) atoms. The number of para-hydroxylation sites is 1. The fourth-order valence-corrected chi connectivity index (χ4v) is 3.37. The van der Waals surface area contributed by atoms with Crippen LogP contribution in [0.15, 0.2) is 42.5 Å². The van der Waals surface area contributed by atoms with Crippen LogP contribution in [0, 0.1) is 0 Å². The maximum atomic E-state index is 12.1. The lowest BCUT2D eigenvalue weighted by Gasteiger charge is -2.10. The first-order valence-corrected chi connectivity index (χ1v) is 8.77. The molecule has 0 spiro atoms. The normalized spacial score (nSPS) is 16.6. The second kappa shape index (κ2) is 7.94. The monoisotopic (exact) mass is 344 g/mol. The fourth-order valence-electron chi connectivity index (χ4n) is 2.56. The number of amides is 3. The standard InChI is InChI=1S/C17H20N4O2S/c22-16(19-11-13-7-4-10-18-13)14-8-9-15(24-14)21-17(23)20-12-5-2-1-3-6-12/h1-3,5-6,8-9,13,18H,4,7,10-11H2,(H,19,22)(H2,20,21,23). The van der Waals surface area contributed by atoms with Gasteiger partial charge in [-0.25, -0.2) is 4.79 Å². The number of hydrogen-bond acceptors (Lipinski definition) is 4. The summed E-state index contributed by atoms with van der Waals surface area (Å²) in [6, 6.07) is 12.7. The van der Waals surface area contributed by atoms with Crippen molar-refractivity contribution in [1.82, 2.24) is 10.6 Å². The summed E-state index contributed by atoms with van der Waals surface area (Å²) in [7, 11) is 0. The third kappa shape index (κ3) is 4.56. The molecule has 6 nitrogen and oxygen atoms in total. The molecule has 1 unspecified atom stereocenters. The number of urea groups is 1. The van der Waals surface area contributed by atoms with Crippen LogP contribution in [-0.2, 0) is 0 Å². The van der Waals surface area contributed by atoms with E-state index in [0.717, 1.165) is 19.4 Å². The molecule has 2 heterocycles. The molecule has 1 atom stereocenters. The van der Waals surface area contributed by atoms with Gasteiger partial charge in [0.15, 0.2) is 0 Å². The summed E-state index contributed by atoms with van der Waals surface area (Å²) >= 11 is 1.26. The minimum absolute atomic E-state index is 0.106. The number of carbonyl (C=O) groups excluding carboxylic acids is 2. The molecule has 1 aliphatic rings. The summed E-state index contributed by atoms with van der Waals surface area (Å²) in [5.74, 6) is -0.106. The van der Waals surface area contributed by atoms with Crippen molar-refractivity contribution in [2.45, 2.75) is 18.9 Å². The van der Waals surface area contributed by atoms with Gasteiger partial charge in [0, 0.05) is 18.3 Å². The van der Waals surface area contributed by atoms with Crippen LogP contribution in [0.25, 0.3) is 0 Å². The Morgan fingerprint density at radius 3 is 2.71 bits per heavy atom. The first-order valence-electron chi connectivity index (χ1n) is 7.95. The number of hydrogen-bond donors (Lipinski definition) is 4. The molecule has 0 radical (unpaired) electrons. The van der Waals surface area contributed by atoms with Gasteiger partial charge >= 0.3 is 6.03 Å². The maximum Gasteiger partial charge on any atom is 0.324 e. The minimum atomic E-state index is -0.329. The Morgan fingerprint density at radius 1 is 1.12 bits per heavy atom. The lowest BCUT2D eigenvalue weighted by molar-refractivity contribution is 0.0954. The average molecular weight is 344 g/mol. The highest BCUT2D eigenvalue weighted by atomic mass is 32.1. The van der Waals surface area contributed by atoms with Crippen LogP contribution < -0.4 is 21.3 Å². The zero-order valence-corrected chi connectivity index (χ0v) is 14.0. The van der Waals surface area contributed by atoms with Crippen LogP contribution >= 0.6 is 11.3 Å². The quantitative estimate of drug-likeness (QED) is 0.673. The SMILES string of the molecule is O=C(Nc1ccccc1)Nc1ccc(C(=O)NCC2CCCN2)s1. The predicted octanol–water partition coefficient (Wildman–Crippen LogP) is 2.87. The van der Waals surface area contributed by atoms with E-state index in [1.54, 1.807) is 12.1 Å². The summed E-state index contributed by atoms with van der Waals surface area (Å²) in [6.45, 7) is 1.65. The summed E-state index contributed by atoms with van der Waals surface area (Å²) in [4.78, 5) is 24.7. The highest BCUT2D eigenvalue weighted by molar-refractivity contribution is 7.18. The summed E-state index contributed by atoms with van der Waals surface area (Å²) in [6.07, 6.45) is 2.25. The van der Waals surface area contributed by atoms with Gasteiger partial charge in [-0.3, -0.25) is 10.1 Å². The fraction of sp³-hybridized carbons (Fsp3) is 0.294. The zero-order valence-electron chi connectivity index (χ0n) is 13.2. The van der Waals surface area contributed by atoms with Crippen molar-refractivity contribution >= 4 is 34.0 Å². The number of carbonyl (C=O) groups is 2. The molecule has 1 aromatic carbocycles. The van der Waals surface area contributed by atoms with Crippen LogP contribution in [0.5, 0.6) is 0 Å². The Bertz CT molecular complexity index is 696. The van der Waals surface area contributed by atoms with Gasteiger partial charge < -0.3 is 16.0 Å². The van der Waals surface area contributed by atoms with Crippen molar-refractivity contribution in [2.24, 2.45) is 0 Å². The molecule has 1 saturated heterocycles. The van der Waals surface area contributed by atoms with Gasteiger partial charge in [-0.15, -0.1) is 11.3 Å². The predicted molar refractivity (Wildman–Crippen MR) is 96.8 cm³/mol. The van der Waals surface area contributed by atoms with Crippen LogP contribution in [-0.4, -0.2) is 31.1 Å². The summed E-state index contributed by atoms with van der Waals surface area (Å²) in [5, 5.41) is 12.4. The van der Waals surface area contributed by atoms with E-state index in [9.17, 15) is 9.59 Å². The van der Waals surface area contributed by atoms with Gasteiger partial charge in [-0.1, -0.05) is 18.2 Å². The molecular formula is C17H20N4O2S.